The summed E-state index contributed by atoms with van der Waals surface area (Å²) < 4.78 is 6.04. The fourth-order valence-corrected chi connectivity index (χ4v) is 11.8. The molecule has 0 N–H and O–H groups in total. The van der Waals surface area contributed by atoms with Gasteiger partial charge in [-0.3, -0.25) is 0 Å². The third-order valence-corrected chi connectivity index (χ3v) is 14.5. The van der Waals surface area contributed by atoms with Crippen LogP contribution in [0.25, 0.3) is 0 Å². The van der Waals surface area contributed by atoms with E-state index < -0.39 is 0 Å². The van der Waals surface area contributed by atoms with Crippen molar-refractivity contribution < 1.29 is 4.74 Å². The van der Waals surface area contributed by atoms with Crippen molar-refractivity contribution in [3.8, 4) is 0 Å². The smallest absolute Gasteiger partial charge is 0.0500 e. The fourth-order valence-electron chi connectivity index (χ4n) is 10.6. The summed E-state index contributed by atoms with van der Waals surface area (Å²) in [5.41, 5.74) is 2.64. The molecule has 2 aromatic carbocycles. The van der Waals surface area contributed by atoms with Crippen LogP contribution in [0.15, 0.2) is 109 Å². The predicted molar refractivity (Wildman–Crippen MR) is 226 cm³/mol. The molecular formula is C50H70OS. The van der Waals surface area contributed by atoms with Gasteiger partial charge >= 0.3 is 0 Å². The first-order chi connectivity index (χ1) is 25.6. The summed E-state index contributed by atoms with van der Waals surface area (Å²) in [4.78, 5) is 0. The topological polar surface area (TPSA) is 9.23 Å². The fraction of sp³-hybridized carbons (Fsp3) is 0.600. The number of thioether (sulfide) groups is 1. The molecule has 12 atom stereocenters. The minimum atomic E-state index is 0.833. The maximum Gasteiger partial charge on any atom is 0.0500 e. The Hall–Kier alpha value is -2.29. The van der Waals surface area contributed by atoms with E-state index in [1.54, 1.807) is 0 Å². The Bertz CT molecular complexity index is 1320. The van der Waals surface area contributed by atoms with E-state index in [2.05, 4.69) is 98.5 Å². The van der Waals surface area contributed by atoms with Crippen LogP contribution >= 0.6 is 11.8 Å². The van der Waals surface area contributed by atoms with Crippen molar-refractivity contribution in [3.63, 3.8) is 0 Å². The summed E-state index contributed by atoms with van der Waals surface area (Å²) in [6.07, 6.45) is 34.2. The van der Waals surface area contributed by atoms with Crippen molar-refractivity contribution in [2.45, 2.75) is 91.9 Å². The minimum absolute atomic E-state index is 0.833. The highest BCUT2D eigenvalue weighted by Crippen LogP contribution is 2.47. The average Bonchev–Trinajstić information content (AvgIpc) is 4.04. The molecule has 52 heavy (non-hydrogen) atoms. The second-order valence-electron chi connectivity index (χ2n) is 17.2. The number of hydrogen-bond donors (Lipinski definition) is 0. The van der Waals surface area contributed by atoms with Crippen molar-refractivity contribution in [1.29, 1.82) is 0 Å². The van der Waals surface area contributed by atoms with Gasteiger partial charge in [-0.05, 0) is 161 Å². The SMILES string of the molecule is C1=CC2CC1CC2CCSCCC1CC2C=CC1C2.C1=CC2CC1CC2COCC1CC2C=CC1C2.CC.Cc1ccccc1.Cc1ccccc1. The number of allylic oxidation sites excluding steroid dienone is 8. The van der Waals surface area contributed by atoms with Crippen LogP contribution < -0.4 is 0 Å². The van der Waals surface area contributed by atoms with E-state index in [0.717, 1.165) is 84.2 Å². The Morgan fingerprint density at radius 1 is 0.442 bits per heavy atom. The van der Waals surface area contributed by atoms with E-state index in [9.17, 15) is 0 Å². The summed E-state index contributed by atoms with van der Waals surface area (Å²) >= 11 is 2.23. The highest BCUT2D eigenvalue weighted by atomic mass is 32.2. The molecule has 2 aromatic rings. The van der Waals surface area contributed by atoms with Gasteiger partial charge in [0.2, 0.25) is 0 Å². The van der Waals surface area contributed by atoms with Crippen LogP contribution in [0.3, 0.4) is 0 Å². The predicted octanol–water partition coefficient (Wildman–Crippen LogP) is 13.4. The van der Waals surface area contributed by atoms with Gasteiger partial charge in [0, 0.05) is 13.2 Å². The van der Waals surface area contributed by atoms with Crippen LogP contribution in [-0.2, 0) is 4.74 Å². The van der Waals surface area contributed by atoms with Gasteiger partial charge in [-0.1, -0.05) is 134 Å². The molecular weight excluding hydrogens is 649 g/mol. The van der Waals surface area contributed by atoms with Crippen molar-refractivity contribution >= 4 is 11.8 Å². The lowest BCUT2D eigenvalue weighted by Gasteiger charge is -2.22. The summed E-state index contributed by atoms with van der Waals surface area (Å²) in [5, 5.41) is 0. The number of rotatable bonds is 10. The zero-order valence-electron chi connectivity index (χ0n) is 33.0. The van der Waals surface area contributed by atoms with E-state index in [-0.39, 0.29) is 0 Å². The van der Waals surface area contributed by atoms with Crippen molar-refractivity contribution in [2.75, 3.05) is 24.7 Å². The third-order valence-electron chi connectivity index (χ3n) is 13.5. The molecule has 12 unspecified atom stereocenters. The Morgan fingerprint density at radius 3 is 1.02 bits per heavy atom. The molecule has 0 heterocycles. The molecule has 10 rings (SSSR count). The van der Waals surface area contributed by atoms with Crippen LogP contribution in [0.1, 0.15) is 89.2 Å². The average molecular weight is 719 g/mol. The Morgan fingerprint density at radius 2 is 0.769 bits per heavy atom. The lowest BCUT2D eigenvalue weighted by Crippen LogP contribution is -2.20. The Kier molecular flexibility index (Phi) is 15.5. The number of ether oxygens (including phenoxy) is 1. The van der Waals surface area contributed by atoms with Gasteiger partial charge < -0.3 is 4.74 Å². The number of aryl methyl sites for hydroxylation is 2. The van der Waals surface area contributed by atoms with Crippen LogP contribution in [0, 0.1) is 84.9 Å². The molecule has 0 amide bonds. The van der Waals surface area contributed by atoms with Crippen LogP contribution in [0.2, 0.25) is 0 Å². The van der Waals surface area contributed by atoms with E-state index >= 15 is 0 Å². The summed E-state index contributed by atoms with van der Waals surface area (Å²) in [6, 6.07) is 20.5. The number of hydrogen-bond acceptors (Lipinski definition) is 2. The van der Waals surface area contributed by atoms with E-state index in [1.165, 1.54) is 86.8 Å². The Labute approximate surface area is 323 Å². The van der Waals surface area contributed by atoms with Gasteiger partial charge in [0.25, 0.3) is 0 Å². The zero-order chi connectivity index (χ0) is 36.1. The van der Waals surface area contributed by atoms with Gasteiger partial charge in [0.15, 0.2) is 0 Å². The molecule has 0 spiro atoms. The first kappa shape index (κ1) is 39.4. The molecule has 4 fully saturated rings. The third kappa shape index (κ3) is 11.4. The van der Waals surface area contributed by atoms with Crippen LogP contribution in [-0.4, -0.2) is 24.7 Å². The van der Waals surface area contributed by atoms with Gasteiger partial charge in [-0.2, -0.15) is 11.8 Å². The standard InChI is InChI=1S/C18H26S.C16H22O.2C7H8.C2H6/c1-3-15-9-13(1)11-17(15)5-7-19-8-6-18-12-14-2-4-16(18)10-14;1-3-13-5-11(1)7-15(13)9-17-10-16-8-12-2-4-14(16)6-12;2*1-7-5-3-2-4-6-7;1-2/h1-4,13-18H,5-12H2;1-4,11-16H,5-10H2;2*2-6H,1H3;1-2H3. The van der Waals surface area contributed by atoms with Crippen molar-refractivity contribution in [2.24, 2.45) is 71.0 Å². The van der Waals surface area contributed by atoms with Crippen LogP contribution in [0.5, 0.6) is 0 Å². The molecule has 8 aliphatic carbocycles. The molecule has 4 saturated carbocycles. The lowest BCUT2D eigenvalue weighted by atomic mass is 9.91. The van der Waals surface area contributed by atoms with Crippen molar-refractivity contribution in [1.82, 2.24) is 0 Å². The quantitative estimate of drug-likeness (QED) is 0.179. The number of benzene rings is 2. The van der Waals surface area contributed by atoms with E-state index in [4.69, 9.17) is 4.74 Å². The Balaban J connectivity index is 0.000000128. The molecule has 8 bridgehead atoms. The van der Waals surface area contributed by atoms with Gasteiger partial charge in [-0.25, -0.2) is 0 Å². The summed E-state index contributed by atoms with van der Waals surface area (Å²) in [5.74, 6) is 13.9. The second kappa shape index (κ2) is 20.4. The molecule has 1 nitrogen and oxygen atoms in total. The van der Waals surface area contributed by atoms with E-state index in [1.807, 2.05) is 50.2 Å². The maximum absolute atomic E-state index is 6.04. The first-order valence-electron chi connectivity index (χ1n) is 21.5. The molecule has 0 aromatic heterocycles. The van der Waals surface area contributed by atoms with Gasteiger partial charge in [0.1, 0.15) is 0 Å². The first-order valence-corrected chi connectivity index (χ1v) is 22.6. The molecule has 282 valence electrons. The van der Waals surface area contributed by atoms with Crippen molar-refractivity contribution in [3.05, 3.63) is 120 Å². The highest BCUT2D eigenvalue weighted by Gasteiger charge is 2.38. The molecule has 0 radical (unpaired) electrons. The minimum Gasteiger partial charge on any atom is -0.381 e. The second-order valence-corrected chi connectivity index (χ2v) is 18.4. The van der Waals surface area contributed by atoms with Gasteiger partial charge in [-0.15, -0.1) is 0 Å². The largest absolute Gasteiger partial charge is 0.381 e. The molecule has 0 saturated heterocycles. The molecule has 8 aliphatic rings. The summed E-state index contributed by atoms with van der Waals surface area (Å²) in [7, 11) is 0. The lowest BCUT2D eigenvalue weighted by molar-refractivity contribution is 0.0579. The molecule has 2 heteroatoms. The monoisotopic (exact) mass is 719 g/mol. The van der Waals surface area contributed by atoms with Gasteiger partial charge in [0.05, 0.1) is 0 Å². The zero-order valence-corrected chi connectivity index (χ0v) is 33.9. The highest BCUT2D eigenvalue weighted by molar-refractivity contribution is 7.99. The molecule has 0 aliphatic heterocycles. The number of fused-ring (bicyclic) bond motifs is 8. The van der Waals surface area contributed by atoms with Crippen LogP contribution in [0.4, 0.5) is 0 Å². The van der Waals surface area contributed by atoms with E-state index in [0.29, 0.717) is 0 Å². The summed E-state index contributed by atoms with van der Waals surface area (Å²) in [6.45, 7) is 10.2. The maximum atomic E-state index is 6.04. The normalized spacial score (nSPS) is 35.4.